The molecular weight excluding hydrogens is 413 g/mol. The van der Waals surface area contributed by atoms with Crippen LogP contribution in [0.3, 0.4) is 0 Å². The second kappa shape index (κ2) is 9.35. The van der Waals surface area contributed by atoms with Gasteiger partial charge in [-0.05, 0) is 43.7 Å². The molecular formula is C22H25Cl2NO4. The summed E-state index contributed by atoms with van der Waals surface area (Å²) in [5.41, 5.74) is 0.998. The van der Waals surface area contributed by atoms with Gasteiger partial charge in [0, 0.05) is 35.2 Å². The van der Waals surface area contributed by atoms with Crippen LogP contribution in [0.5, 0.6) is 5.75 Å². The molecule has 0 spiro atoms. The average molecular weight is 438 g/mol. The van der Waals surface area contributed by atoms with Crippen LogP contribution in [0.2, 0.25) is 10.0 Å². The van der Waals surface area contributed by atoms with Gasteiger partial charge in [-0.1, -0.05) is 41.4 Å². The Morgan fingerprint density at radius 2 is 1.86 bits per heavy atom. The van der Waals surface area contributed by atoms with E-state index in [1.54, 1.807) is 32.0 Å². The fourth-order valence-corrected chi connectivity index (χ4v) is 3.79. The Morgan fingerprint density at radius 1 is 1.21 bits per heavy atom. The van der Waals surface area contributed by atoms with Crippen LogP contribution < -0.4 is 4.74 Å². The van der Waals surface area contributed by atoms with Crippen LogP contribution in [0.25, 0.3) is 0 Å². The summed E-state index contributed by atoms with van der Waals surface area (Å²) in [6.07, 6.45) is -0.0968. The highest BCUT2D eigenvalue weighted by Gasteiger charge is 2.32. The number of morpholine rings is 1. The van der Waals surface area contributed by atoms with E-state index in [0.29, 0.717) is 35.5 Å². The number of carboxylic acid groups (broad SMARTS) is 1. The maximum atomic E-state index is 11.4. The van der Waals surface area contributed by atoms with Crippen LogP contribution >= 0.6 is 23.2 Å². The van der Waals surface area contributed by atoms with Crippen molar-refractivity contribution in [3.8, 4) is 5.75 Å². The molecule has 0 bridgehead atoms. The van der Waals surface area contributed by atoms with Crippen molar-refractivity contribution in [1.29, 1.82) is 0 Å². The van der Waals surface area contributed by atoms with Crippen molar-refractivity contribution in [2.24, 2.45) is 5.41 Å². The van der Waals surface area contributed by atoms with Crippen molar-refractivity contribution >= 4 is 29.2 Å². The highest BCUT2D eigenvalue weighted by molar-refractivity contribution is 6.35. The fraction of sp³-hybridized carbons (Fsp3) is 0.409. The summed E-state index contributed by atoms with van der Waals surface area (Å²) in [5.74, 6) is -0.0786. The first-order chi connectivity index (χ1) is 13.8. The highest BCUT2D eigenvalue weighted by Crippen LogP contribution is 2.29. The molecule has 1 atom stereocenters. The molecule has 1 aliphatic heterocycles. The van der Waals surface area contributed by atoms with Gasteiger partial charge in [-0.2, -0.15) is 0 Å². The topological polar surface area (TPSA) is 59.0 Å². The SMILES string of the molecule is CC(C)(CN1CCOC(c2ccc(OCc3c(Cl)cccc3Cl)cc2)C1)C(=O)O. The first kappa shape index (κ1) is 21.9. The Morgan fingerprint density at radius 3 is 2.48 bits per heavy atom. The molecule has 1 fully saturated rings. The summed E-state index contributed by atoms with van der Waals surface area (Å²) in [6.45, 7) is 6.23. The quantitative estimate of drug-likeness (QED) is 0.655. The van der Waals surface area contributed by atoms with E-state index in [9.17, 15) is 9.90 Å². The predicted octanol–water partition coefficient (Wildman–Crippen LogP) is 5.06. The Kier molecular flexibility index (Phi) is 7.06. The van der Waals surface area contributed by atoms with Gasteiger partial charge in [-0.25, -0.2) is 0 Å². The van der Waals surface area contributed by atoms with Crippen molar-refractivity contribution in [2.75, 3.05) is 26.2 Å². The molecule has 0 radical (unpaired) electrons. The number of carboxylic acids is 1. The zero-order valence-electron chi connectivity index (χ0n) is 16.5. The lowest BCUT2D eigenvalue weighted by atomic mass is 9.92. The second-order valence-electron chi connectivity index (χ2n) is 7.84. The number of ether oxygens (including phenoxy) is 2. The minimum atomic E-state index is -0.792. The van der Waals surface area contributed by atoms with Gasteiger partial charge >= 0.3 is 5.97 Å². The van der Waals surface area contributed by atoms with E-state index in [4.69, 9.17) is 32.7 Å². The fourth-order valence-electron chi connectivity index (χ4n) is 3.28. The lowest BCUT2D eigenvalue weighted by Gasteiger charge is -2.36. The molecule has 0 aromatic heterocycles. The van der Waals surface area contributed by atoms with Gasteiger partial charge in [0.2, 0.25) is 0 Å². The smallest absolute Gasteiger partial charge is 0.310 e. The summed E-state index contributed by atoms with van der Waals surface area (Å²) in [6, 6.07) is 13.1. The molecule has 156 valence electrons. The average Bonchev–Trinajstić information content (AvgIpc) is 2.68. The molecule has 0 aliphatic carbocycles. The molecule has 2 aromatic rings. The number of aliphatic carboxylic acids is 1. The number of hydrogen-bond acceptors (Lipinski definition) is 4. The van der Waals surface area contributed by atoms with Crippen LogP contribution in [0.15, 0.2) is 42.5 Å². The van der Waals surface area contributed by atoms with Gasteiger partial charge in [0.05, 0.1) is 18.1 Å². The van der Waals surface area contributed by atoms with Gasteiger partial charge in [0.15, 0.2) is 0 Å². The summed E-state index contributed by atoms with van der Waals surface area (Å²) in [5, 5.41) is 10.5. The standard InChI is InChI=1S/C22H25Cl2NO4/c1-22(2,21(26)27)14-25-10-11-28-20(12-25)15-6-8-16(9-7-15)29-13-17-18(23)4-3-5-19(17)24/h3-9,20H,10-14H2,1-2H3,(H,26,27). The van der Waals surface area contributed by atoms with E-state index < -0.39 is 11.4 Å². The Balaban J connectivity index is 1.60. The van der Waals surface area contributed by atoms with Crippen molar-refractivity contribution in [2.45, 2.75) is 26.6 Å². The maximum absolute atomic E-state index is 11.4. The molecule has 1 aliphatic rings. The molecule has 0 saturated carbocycles. The van der Waals surface area contributed by atoms with Crippen LogP contribution in [-0.4, -0.2) is 42.2 Å². The molecule has 3 rings (SSSR count). The third-order valence-electron chi connectivity index (χ3n) is 5.05. The van der Waals surface area contributed by atoms with Gasteiger partial charge in [-0.3, -0.25) is 9.69 Å². The van der Waals surface area contributed by atoms with E-state index in [1.165, 1.54) is 0 Å². The lowest BCUT2D eigenvalue weighted by molar-refractivity contribution is -0.149. The predicted molar refractivity (Wildman–Crippen MR) is 114 cm³/mol. The van der Waals surface area contributed by atoms with E-state index in [-0.39, 0.29) is 12.7 Å². The molecule has 1 unspecified atom stereocenters. The number of hydrogen-bond donors (Lipinski definition) is 1. The number of benzene rings is 2. The van der Waals surface area contributed by atoms with Gasteiger partial charge in [0.1, 0.15) is 12.4 Å². The normalized spacial score (nSPS) is 17.9. The minimum Gasteiger partial charge on any atom is -0.489 e. The van der Waals surface area contributed by atoms with E-state index in [0.717, 1.165) is 17.7 Å². The highest BCUT2D eigenvalue weighted by atomic mass is 35.5. The largest absolute Gasteiger partial charge is 0.489 e. The Hall–Kier alpha value is -1.79. The van der Waals surface area contributed by atoms with Gasteiger partial charge in [0.25, 0.3) is 0 Å². The molecule has 1 heterocycles. The van der Waals surface area contributed by atoms with Crippen LogP contribution in [0, 0.1) is 5.41 Å². The number of rotatable bonds is 7. The zero-order chi connectivity index (χ0) is 21.0. The summed E-state index contributed by atoms with van der Waals surface area (Å²) >= 11 is 12.4. The molecule has 5 nitrogen and oxygen atoms in total. The molecule has 7 heteroatoms. The van der Waals surface area contributed by atoms with Gasteiger partial charge in [-0.15, -0.1) is 0 Å². The summed E-state index contributed by atoms with van der Waals surface area (Å²) in [4.78, 5) is 13.5. The third kappa shape index (κ3) is 5.64. The van der Waals surface area contributed by atoms with Crippen molar-refractivity contribution in [1.82, 2.24) is 4.90 Å². The monoisotopic (exact) mass is 437 g/mol. The molecule has 0 amide bonds. The molecule has 1 N–H and O–H groups in total. The lowest BCUT2D eigenvalue weighted by Crippen LogP contribution is -2.45. The molecule has 2 aromatic carbocycles. The number of carbonyl (C=O) groups is 1. The number of halogens is 2. The maximum Gasteiger partial charge on any atom is 0.310 e. The Bertz CT molecular complexity index is 834. The van der Waals surface area contributed by atoms with Gasteiger partial charge < -0.3 is 14.6 Å². The van der Waals surface area contributed by atoms with Crippen molar-refractivity contribution in [3.63, 3.8) is 0 Å². The minimum absolute atomic E-state index is 0.0968. The van der Waals surface area contributed by atoms with Crippen LogP contribution in [0.1, 0.15) is 31.1 Å². The second-order valence-corrected chi connectivity index (χ2v) is 8.66. The number of nitrogens with zero attached hydrogens (tertiary/aromatic N) is 1. The van der Waals surface area contributed by atoms with E-state index in [2.05, 4.69) is 4.90 Å². The van der Waals surface area contributed by atoms with E-state index >= 15 is 0 Å². The summed E-state index contributed by atoms with van der Waals surface area (Å²) in [7, 11) is 0. The van der Waals surface area contributed by atoms with Crippen LogP contribution in [0.4, 0.5) is 0 Å². The summed E-state index contributed by atoms with van der Waals surface area (Å²) < 4.78 is 11.7. The third-order valence-corrected chi connectivity index (χ3v) is 5.75. The van der Waals surface area contributed by atoms with E-state index in [1.807, 2.05) is 24.3 Å². The van der Waals surface area contributed by atoms with Crippen molar-refractivity contribution in [3.05, 3.63) is 63.6 Å². The molecule has 1 saturated heterocycles. The molecule has 29 heavy (non-hydrogen) atoms. The first-order valence-electron chi connectivity index (χ1n) is 9.49. The zero-order valence-corrected chi connectivity index (χ0v) is 18.0. The van der Waals surface area contributed by atoms with Crippen LogP contribution in [-0.2, 0) is 16.1 Å². The first-order valence-corrected chi connectivity index (χ1v) is 10.2. The Labute approximate surface area is 181 Å². The van der Waals surface area contributed by atoms with Crippen molar-refractivity contribution < 1.29 is 19.4 Å².